The number of guanidine groups is 1. The van der Waals surface area contributed by atoms with E-state index in [1.807, 2.05) is 0 Å². The van der Waals surface area contributed by atoms with Crippen molar-refractivity contribution in [2.75, 3.05) is 19.6 Å². The molecule has 0 amide bonds. The van der Waals surface area contributed by atoms with Crippen LogP contribution in [0.5, 0.6) is 0 Å². The van der Waals surface area contributed by atoms with Gasteiger partial charge in [-0.1, -0.05) is 24.3 Å². The summed E-state index contributed by atoms with van der Waals surface area (Å²) in [5, 5.41) is 0. The summed E-state index contributed by atoms with van der Waals surface area (Å²) in [4.78, 5) is 6.72. The van der Waals surface area contributed by atoms with Crippen LogP contribution in [-0.4, -0.2) is 30.5 Å². The molecular formula is C16H23N3. The third kappa shape index (κ3) is 2.11. The minimum Gasteiger partial charge on any atom is -0.370 e. The first-order valence-corrected chi connectivity index (χ1v) is 7.38. The normalized spacial score (nSPS) is 27.9. The first-order valence-electron chi connectivity index (χ1n) is 7.38. The smallest absolute Gasteiger partial charge is 0.191 e. The van der Waals surface area contributed by atoms with Gasteiger partial charge in [-0.2, -0.15) is 0 Å². The van der Waals surface area contributed by atoms with E-state index in [0.717, 1.165) is 37.4 Å². The molecule has 1 aromatic carbocycles. The van der Waals surface area contributed by atoms with Gasteiger partial charge in [-0.15, -0.1) is 0 Å². The van der Waals surface area contributed by atoms with E-state index in [9.17, 15) is 0 Å². The molecule has 2 aliphatic rings. The van der Waals surface area contributed by atoms with Crippen LogP contribution in [-0.2, 0) is 6.42 Å². The number of benzene rings is 1. The summed E-state index contributed by atoms with van der Waals surface area (Å²) in [5.74, 6) is 3.02. The number of nitrogens with two attached hydrogens (primary N) is 1. The van der Waals surface area contributed by atoms with E-state index in [1.54, 1.807) is 11.1 Å². The van der Waals surface area contributed by atoms with Gasteiger partial charge >= 0.3 is 0 Å². The Morgan fingerprint density at radius 1 is 1.32 bits per heavy atom. The van der Waals surface area contributed by atoms with Gasteiger partial charge in [0.25, 0.3) is 0 Å². The predicted octanol–water partition coefficient (Wildman–Crippen LogP) is 2.23. The third-order valence-corrected chi connectivity index (χ3v) is 4.75. The highest BCUT2D eigenvalue weighted by molar-refractivity contribution is 5.78. The van der Waals surface area contributed by atoms with E-state index in [1.165, 1.54) is 6.42 Å². The van der Waals surface area contributed by atoms with Crippen molar-refractivity contribution in [2.45, 2.75) is 26.2 Å². The Morgan fingerprint density at radius 2 is 2.05 bits per heavy atom. The molecular weight excluding hydrogens is 234 g/mol. The van der Waals surface area contributed by atoms with Crippen LogP contribution >= 0.6 is 0 Å². The number of nitrogens with zero attached hydrogens (tertiary/aromatic N) is 2. The number of rotatable bonds is 4. The summed E-state index contributed by atoms with van der Waals surface area (Å²) in [7, 11) is 0. The molecule has 3 heteroatoms. The third-order valence-electron chi connectivity index (χ3n) is 4.75. The zero-order chi connectivity index (χ0) is 13.4. The maximum absolute atomic E-state index is 6.04. The van der Waals surface area contributed by atoms with Gasteiger partial charge in [-0.25, -0.2) is 0 Å². The fourth-order valence-corrected chi connectivity index (χ4v) is 3.58. The fourth-order valence-electron chi connectivity index (χ4n) is 3.58. The lowest BCUT2D eigenvalue weighted by Gasteiger charge is -2.19. The van der Waals surface area contributed by atoms with Crippen molar-refractivity contribution in [3.8, 4) is 0 Å². The minimum absolute atomic E-state index is 0.711. The van der Waals surface area contributed by atoms with Crippen molar-refractivity contribution in [1.29, 1.82) is 0 Å². The molecule has 1 saturated carbocycles. The van der Waals surface area contributed by atoms with Crippen LogP contribution in [0, 0.1) is 11.8 Å². The maximum Gasteiger partial charge on any atom is 0.191 e. The van der Waals surface area contributed by atoms with Crippen LogP contribution in [0.2, 0.25) is 0 Å². The first-order chi connectivity index (χ1) is 9.26. The molecule has 2 N–H and O–H groups in total. The second-order valence-corrected chi connectivity index (χ2v) is 5.63. The molecule has 3 nitrogen and oxygen atoms in total. The van der Waals surface area contributed by atoms with E-state index >= 15 is 0 Å². The standard InChI is InChI=1S/C16H23N3/c1-3-19(4-2)16(17)18-10-14-13-9-11-7-5-6-8-12(11)15(13)14/h5-8,13-15H,3-4,9-10H2,1-2H3,(H2,17,18). The monoisotopic (exact) mass is 257 g/mol. The van der Waals surface area contributed by atoms with Crippen molar-refractivity contribution < 1.29 is 0 Å². The molecule has 102 valence electrons. The van der Waals surface area contributed by atoms with E-state index < -0.39 is 0 Å². The second-order valence-electron chi connectivity index (χ2n) is 5.63. The molecule has 0 radical (unpaired) electrons. The quantitative estimate of drug-likeness (QED) is 0.664. The van der Waals surface area contributed by atoms with Crippen molar-refractivity contribution >= 4 is 5.96 Å². The highest BCUT2D eigenvalue weighted by Gasteiger charge is 2.54. The molecule has 3 rings (SSSR count). The van der Waals surface area contributed by atoms with Gasteiger partial charge in [0.15, 0.2) is 5.96 Å². The molecule has 0 saturated heterocycles. The highest BCUT2D eigenvalue weighted by Crippen LogP contribution is 2.61. The maximum atomic E-state index is 6.04. The summed E-state index contributed by atoms with van der Waals surface area (Å²) in [5.41, 5.74) is 9.15. The van der Waals surface area contributed by atoms with Crippen molar-refractivity contribution in [1.82, 2.24) is 4.90 Å². The van der Waals surface area contributed by atoms with Crippen molar-refractivity contribution in [2.24, 2.45) is 22.6 Å². The Labute approximate surface area is 115 Å². The van der Waals surface area contributed by atoms with Gasteiger partial charge in [0.05, 0.1) is 0 Å². The molecule has 0 heterocycles. The predicted molar refractivity (Wildman–Crippen MR) is 79.3 cm³/mol. The van der Waals surface area contributed by atoms with Gasteiger partial charge in [0.1, 0.15) is 0 Å². The van der Waals surface area contributed by atoms with Crippen LogP contribution in [0.4, 0.5) is 0 Å². The molecule has 0 spiro atoms. The summed E-state index contributed by atoms with van der Waals surface area (Å²) in [6.07, 6.45) is 1.24. The van der Waals surface area contributed by atoms with Crippen LogP contribution < -0.4 is 5.73 Å². The van der Waals surface area contributed by atoms with E-state index in [0.29, 0.717) is 5.96 Å². The molecule has 3 atom stereocenters. The average molecular weight is 257 g/mol. The summed E-state index contributed by atoms with van der Waals surface area (Å²) < 4.78 is 0. The Hall–Kier alpha value is -1.51. The van der Waals surface area contributed by atoms with Gasteiger partial charge < -0.3 is 10.6 Å². The molecule has 1 fully saturated rings. The van der Waals surface area contributed by atoms with Crippen LogP contribution in [0.1, 0.15) is 30.9 Å². The number of aliphatic imine (C=N–C) groups is 1. The summed E-state index contributed by atoms with van der Waals surface area (Å²) in [6.45, 7) is 7.01. The van der Waals surface area contributed by atoms with Crippen molar-refractivity contribution in [3.63, 3.8) is 0 Å². The van der Waals surface area contributed by atoms with Gasteiger partial charge in [-0.05, 0) is 49.1 Å². The molecule has 19 heavy (non-hydrogen) atoms. The topological polar surface area (TPSA) is 41.6 Å². The molecule has 1 aromatic rings. The van der Waals surface area contributed by atoms with Crippen molar-refractivity contribution in [3.05, 3.63) is 35.4 Å². The van der Waals surface area contributed by atoms with Gasteiger partial charge in [-0.3, -0.25) is 4.99 Å². The molecule has 0 aliphatic heterocycles. The SMILES string of the molecule is CCN(CC)C(N)=NCC1C2Cc3ccccc3C12. The van der Waals surface area contributed by atoms with E-state index in [-0.39, 0.29) is 0 Å². The minimum atomic E-state index is 0.711. The fraction of sp³-hybridized carbons (Fsp3) is 0.562. The average Bonchev–Trinajstić information content (AvgIpc) is 2.97. The van der Waals surface area contributed by atoms with E-state index in [4.69, 9.17) is 5.73 Å². The summed E-state index contributed by atoms with van der Waals surface area (Å²) >= 11 is 0. The van der Waals surface area contributed by atoms with E-state index in [2.05, 4.69) is 48.0 Å². The van der Waals surface area contributed by atoms with Crippen LogP contribution in [0.3, 0.4) is 0 Å². The summed E-state index contributed by atoms with van der Waals surface area (Å²) in [6, 6.07) is 8.86. The zero-order valence-corrected chi connectivity index (χ0v) is 11.8. The lowest BCUT2D eigenvalue weighted by Crippen LogP contribution is -2.37. The second kappa shape index (κ2) is 4.87. The molecule has 0 aromatic heterocycles. The Balaban J connectivity index is 1.62. The van der Waals surface area contributed by atoms with Crippen LogP contribution in [0.15, 0.2) is 29.3 Å². The molecule has 2 aliphatic carbocycles. The largest absolute Gasteiger partial charge is 0.370 e. The van der Waals surface area contributed by atoms with Gasteiger partial charge in [0.2, 0.25) is 0 Å². The lowest BCUT2D eigenvalue weighted by molar-refractivity contribution is 0.457. The van der Waals surface area contributed by atoms with Crippen LogP contribution in [0.25, 0.3) is 0 Å². The number of hydrogen-bond acceptors (Lipinski definition) is 1. The first kappa shape index (κ1) is 12.5. The highest BCUT2D eigenvalue weighted by atomic mass is 15.2. The number of hydrogen-bond donors (Lipinski definition) is 1. The zero-order valence-electron chi connectivity index (χ0n) is 11.8. The van der Waals surface area contributed by atoms with Gasteiger partial charge in [0, 0.05) is 19.6 Å². The Morgan fingerprint density at radius 3 is 2.79 bits per heavy atom. The Bertz CT molecular complexity index is 491. The number of fused-ring (bicyclic) bond motifs is 3. The Kier molecular flexibility index (Phi) is 3.21. The molecule has 0 bridgehead atoms. The molecule has 3 unspecified atom stereocenters. The lowest BCUT2D eigenvalue weighted by atomic mass is 10.0.